The van der Waals surface area contributed by atoms with Crippen molar-refractivity contribution in [2.75, 3.05) is 14.1 Å². The molecule has 1 N–H and O–H groups in total. The molecule has 0 aliphatic heterocycles. The van der Waals surface area contributed by atoms with Gasteiger partial charge in [-0.2, -0.15) is 0 Å². The molecule has 2 heterocycles. The molecule has 2 aromatic heterocycles. The molecule has 4 aromatic rings. The van der Waals surface area contributed by atoms with Crippen LogP contribution in [-0.4, -0.2) is 59.7 Å². The average Bonchev–Trinajstić information content (AvgIpc) is 3.52. The number of Topliss-reactive ketones (excluding diaryl/α,β-unsaturated/α-hetero) is 2. The van der Waals surface area contributed by atoms with Crippen LogP contribution in [-0.2, 0) is 28.9 Å². The first-order valence-corrected chi connectivity index (χ1v) is 22.2. The second-order valence-electron chi connectivity index (χ2n) is 15.8. The first-order chi connectivity index (χ1) is 25.1. The molecule has 0 spiro atoms. The van der Waals surface area contributed by atoms with Crippen LogP contribution in [0.5, 0.6) is 11.6 Å². The quantitative estimate of drug-likeness (QED) is 0.0991. The van der Waals surface area contributed by atoms with Gasteiger partial charge < -0.3 is 23.5 Å². The van der Waals surface area contributed by atoms with E-state index in [-0.39, 0.29) is 41.0 Å². The number of hydrogen-bond acceptors (Lipinski definition) is 10. The Labute approximate surface area is 327 Å². The van der Waals surface area contributed by atoms with Gasteiger partial charge in [-0.1, -0.05) is 81.4 Å². The second-order valence-corrected chi connectivity index (χ2v) is 22.0. The lowest BCUT2D eigenvalue weighted by molar-refractivity contribution is -0.140. The maximum atomic E-state index is 15.7. The summed E-state index contributed by atoms with van der Waals surface area (Å²) in [7, 11) is 0.908. The number of hydrogen-bond donors (Lipinski definition) is 1. The van der Waals surface area contributed by atoms with Crippen molar-refractivity contribution in [2.45, 2.75) is 76.6 Å². The van der Waals surface area contributed by atoms with Crippen LogP contribution in [0.4, 0.5) is 0 Å². The van der Waals surface area contributed by atoms with Gasteiger partial charge in [0, 0.05) is 17.1 Å². The fourth-order valence-corrected chi connectivity index (χ4v) is 10.4. The maximum absolute atomic E-state index is 15.7. The average molecular weight is 866 g/mol. The summed E-state index contributed by atoms with van der Waals surface area (Å²) in [6.45, 7) is 10.6. The Morgan fingerprint density at radius 2 is 1.53 bits per heavy atom. The van der Waals surface area contributed by atoms with Gasteiger partial charge in [0.25, 0.3) is 5.88 Å². The van der Waals surface area contributed by atoms with Gasteiger partial charge in [0.1, 0.15) is 33.7 Å². The molecule has 7 rings (SSSR count). The molecule has 4 atom stereocenters. The molecule has 3 aliphatic carbocycles. The van der Waals surface area contributed by atoms with Crippen molar-refractivity contribution in [1.82, 2.24) is 15.0 Å². The van der Waals surface area contributed by atoms with E-state index in [1.54, 1.807) is 0 Å². The summed E-state index contributed by atoms with van der Waals surface area (Å²) in [4.78, 5) is 37.7. The van der Waals surface area contributed by atoms with Crippen molar-refractivity contribution >= 4 is 57.5 Å². The van der Waals surface area contributed by atoms with Gasteiger partial charge in [0.05, 0.1) is 11.6 Å². The zero-order valence-corrected chi connectivity index (χ0v) is 35.0. The first-order valence-electron chi connectivity index (χ1n) is 17.7. The third kappa shape index (κ3) is 6.31. The highest BCUT2D eigenvalue weighted by atomic mass is 79.9. The molecule has 0 saturated heterocycles. The van der Waals surface area contributed by atoms with E-state index in [9.17, 15) is 5.11 Å². The van der Waals surface area contributed by atoms with Crippen molar-refractivity contribution in [3.63, 3.8) is 0 Å². The van der Waals surface area contributed by atoms with Gasteiger partial charge >= 0.3 is 0 Å². The van der Waals surface area contributed by atoms with E-state index in [2.05, 4.69) is 62.8 Å². The SMILES string of the molecule is CN(C)[C@@H]1c2onc(OCc3ccccc3)c2C(=O)[C@@]2(O[Si](C)(C)C(C)(C)C)C(=O)C3=C(O)c4c(c(Br)nc(Br)c4OCc4ccccc4)C[C@H]3C[C@@H]12. The molecule has 10 nitrogen and oxygen atoms in total. The Hall–Kier alpha value is -3.62. The van der Waals surface area contributed by atoms with Crippen molar-refractivity contribution in [2.24, 2.45) is 11.8 Å². The molecule has 2 aromatic carbocycles. The van der Waals surface area contributed by atoms with Gasteiger partial charge in [-0.15, -0.1) is 0 Å². The summed E-state index contributed by atoms with van der Waals surface area (Å²) >= 11 is 7.18. The Balaban J connectivity index is 1.41. The second kappa shape index (κ2) is 13.9. The fraction of sp³-hybridized carbons (Fsp3) is 0.400. The number of pyridine rings is 1. The van der Waals surface area contributed by atoms with Crippen molar-refractivity contribution in [1.29, 1.82) is 0 Å². The van der Waals surface area contributed by atoms with Gasteiger partial charge in [-0.05, 0) is 99.1 Å². The topological polar surface area (TPSA) is 124 Å². The van der Waals surface area contributed by atoms with E-state index in [1.807, 2.05) is 92.8 Å². The summed E-state index contributed by atoms with van der Waals surface area (Å²) in [5, 5.41) is 16.3. The van der Waals surface area contributed by atoms with Crippen LogP contribution in [0.3, 0.4) is 0 Å². The van der Waals surface area contributed by atoms with Crippen molar-refractivity contribution < 1.29 is 33.1 Å². The number of carbonyl (C=O) groups excluding carboxylic acids is 2. The van der Waals surface area contributed by atoms with Crippen LogP contribution in [0.1, 0.15) is 71.6 Å². The number of rotatable bonds is 9. The number of benzene rings is 2. The van der Waals surface area contributed by atoms with Crippen molar-refractivity contribution in [3.8, 4) is 11.6 Å². The van der Waals surface area contributed by atoms with Gasteiger partial charge in [0.2, 0.25) is 11.6 Å². The Morgan fingerprint density at radius 1 is 0.925 bits per heavy atom. The number of fused-ring (bicyclic) bond motifs is 4. The molecule has 3 aliphatic rings. The maximum Gasteiger partial charge on any atom is 0.265 e. The number of ether oxygens (including phenoxy) is 2. The minimum absolute atomic E-state index is 0.00927. The van der Waals surface area contributed by atoms with E-state index < -0.39 is 43.4 Å². The standard InChI is InChI=1S/C40H43Br2N3O7Si/c1-39(2,3)53(6,7)52-40-26(30(45(4)5)32-29(35(40)48)38(44-51-32)50-21-23-16-12-9-13-17-23)19-24-18-25-28(31(46)27(24)34(40)47)33(37(42)43-36(25)41)49-20-22-14-10-8-11-15-22/h8-17,24,26,30,46H,18-21H2,1-7H3/t24-,26-,30-,40-/m0/s1. The first kappa shape index (κ1) is 37.7. The highest BCUT2D eigenvalue weighted by molar-refractivity contribution is 9.11. The third-order valence-electron chi connectivity index (χ3n) is 11.3. The minimum atomic E-state index is -2.88. The minimum Gasteiger partial charge on any atom is -0.507 e. The number of carbonyl (C=O) groups is 2. The molecule has 13 heteroatoms. The lowest BCUT2D eigenvalue weighted by atomic mass is 9.57. The Morgan fingerprint density at radius 3 is 2.11 bits per heavy atom. The lowest BCUT2D eigenvalue weighted by Gasteiger charge is -2.55. The Kier molecular flexibility index (Phi) is 9.88. The molecule has 0 bridgehead atoms. The van der Waals surface area contributed by atoms with Crippen LogP contribution in [0.2, 0.25) is 18.1 Å². The van der Waals surface area contributed by atoms with Crippen molar-refractivity contribution in [3.05, 3.63) is 109 Å². The molecular formula is C40H43Br2N3O7Si. The van der Waals surface area contributed by atoms with E-state index in [0.717, 1.165) is 11.1 Å². The number of aliphatic hydroxyl groups excluding tert-OH is 1. The van der Waals surface area contributed by atoms with Crippen LogP contribution in [0.25, 0.3) is 5.76 Å². The van der Waals surface area contributed by atoms with E-state index in [1.165, 1.54) is 0 Å². The lowest BCUT2D eigenvalue weighted by Crippen LogP contribution is -2.68. The Bertz CT molecular complexity index is 2110. The number of halogens is 2. The van der Waals surface area contributed by atoms with E-state index in [4.69, 9.17) is 18.4 Å². The number of nitrogens with zero attached hydrogens (tertiary/aromatic N) is 3. The molecule has 0 amide bonds. The number of aromatic nitrogens is 2. The smallest absolute Gasteiger partial charge is 0.265 e. The monoisotopic (exact) mass is 863 g/mol. The third-order valence-corrected chi connectivity index (χ3v) is 16.9. The predicted molar refractivity (Wildman–Crippen MR) is 209 cm³/mol. The largest absolute Gasteiger partial charge is 0.507 e. The van der Waals surface area contributed by atoms with E-state index >= 15 is 9.59 Å². The molecule has 53 heavy (non-hydrogen) atoms. The highest BCUT2D eigenvalue weighted by Crippen LogP contribution is 2.59. The predicted octanol–water partition coefficient (Wildman–Crippen LogP) is 9.04. The molecular weight excluding hydrogens is 822 g/mol. The molecule has 1 fully saturated rings. The molecule has 0 radical (unpaired) electrons. The van der Waals surface area contributed by atoms with Gasteiger partial charge in [0.15, 0.2) is 25.4 Å². The van der Waals surface area contributed by atoms with Crippen LogP contribution in [0, 0.1) is 11.8 Å². The summed E-state index contributed by atoms with van der Waals surface area (Å²) in [6, 6.07) is 18.7. The van der Waals surface area contributed by atoms with Crippen LogP contribution >= 0.6 is 31.9 Å². The fourth-order valence-electron chi connectivity index (χ4n) is 7.69. The summed E-state index contributed by atoms with van der Waals surface area (Å²) in [6.07, 6.45) is 0.718. The number of ketones is 2. The van der Waals surface area contributed by atoms with E-state index in [0.29, 0.717) is 44.7 Å². The summed E-state index contributed by atoms with van der Waals surface area (Å²) < 4.78 is 26.6. The normalized spacial score (nSPS) is 22.6. The number of aliphatic hydroxyl groups is 1. The molecule has 278 valence electrons. The zero-order chi connectivity index (χ0) is 38.0. The van der Waals surface area contributed by atoms with Crippen LogP contribution < -0.4 is 9.47 Å². The van der Waals surface area contributed by atoms with Crippen LogP contribution in [0.15, 0.2) is 80.0 Å². The van der Waals surface area contributed by atoms with Gasteiger partial charge in [-0.25, -0.2) is 4.98 Å². The molecule has 0 unspecified atom stereocenters. The highest BCUT2D eigenvalue weighted by Gasteiger charge is 2.69. The summed E-state index contributed by atoms with van der Waals surface area (Å²) in [5.41, 5.74) is 1.14. The molecule has 1 saturated carbocycles. The van der Waals surface area contributed by atoms with Gasteiger partial charge in [-0.3, -0.25) is 14.5 Å². The summed E-state index contributed by atoms with van der Waals surface area (Å²) in [5.74, 6) is -1.82. The zero-order valence-electron chi connectivity index (χ0n) is 30.8.